The van der Waals surface area contributed by atoms with Gasteiger partial charge in [0.2, 0.25) is 0 Å². The Kier molecular flexibility index (Phi) is 44.1. The lowest BCUT2D eigenvalue weighted by Crippen LogP contribution is -2.50. The lowest BCUT2D eigenvalue weighted by molar-refractivity contribution is -0.929. The molecule has 47 heavy (non-hydrogen) atoms. The molecule has 0 aliphatic heterocycles. The van der Waals surface area contributed by atoms with E-state index >= 15 is 0 Å². The molecule has 1 nitrogen and oxygen atoms in total. The molecule has 0 saturated heterocycles. The van der Waals surface area contributed by atoms with Crippen LogP contribution < -0.4 is 0 Å². The normalized spacial score (nSPS) is 11.7. The molecule has 0 aromatic carbocycles. The van der Waals surface area contributed by atoms with Crippen LogP contribution in [0.3, 0.4) is 0 Å². The van der Waals surface area contributed by atoms with Gasteiger partial charge in [0.15, 0.2) is 0 Å². The van der Waals surface area contributed by atoms with Gasteiger partial charge in [-0.15, -0.1) is 0 Å². The van der Waals surface area contributed by atoms with E-state index in [0.717, 1.165) is 0 Å². The molecule has 0 unspecified atom stereocenters. The minimum Gasteiger partial charge on any atom is -0.324 e. The van der Waals surface area contributed by atoms with Gasteiger partial charge in [0.25, 0.3) is 0 Å². The van der Waals surface area contributed by atoms with Crippen molar-refractivity contribution in [1.29, 1.82) is 0 Å². The Morgan fingerprint density at radius 1 is 0.191 bits per heavy atom. The van der Waals surface area contributed by atoms with Crippen molar-refractivity contribution in [2.75, 3.05) is 26.2 Å². The summed E-state index contributed by atoms with van der Waals surface area (Å²) in [7, 11) is 0. The van der Waals surface area contributed by atoms with E-state index in [1.165, 1.54) is 268 Å². The molecule has 0 heterocycles. The zero-order valence-electron chi connectivity index (χ0n) is 33.4. The van der Waals surface area contributed by atoms with Gasteiger partial charge in [0, 0.05) is 0 Å². The SMILES string of the molecule is CCCCCCCCCCCCCC[N+](CCC)(CCCCCCCCCCCCCC)CCCCCCCCCCCCCC.[BH4-]. The second-order valence-corrected chi connectivity index (χ2v) is 15.9. The maximum Gasteiger partial charge on any atom is 0.0786 e. The number of unbranched alkanes of at least 4 members (excludes halogenated alkanes) is 33. The molecule has 0 bridgehead atoms. The van der Waals surface area contributed by atoms with Gasteiger partial charge in [-0.2, -0.15) is 0 Å². The molecule has 0 radical (unpaired) electrons. The summed E-state index contributed by atoms with van der Waals surface area (Å²) in [5, 5.41) is 0. The highest BCUT2D eigenvalue weighted by molar-refractivity contribution is 5.75. The van der Waals surface area contributed by atoms with Gasteiger partial charge in [0.1, 0.15) is 0 Å². The lowest BCUT2D eigenvalue weighted by Gasteiger charge is -2.39. The van der Waals surface area contributed by atoms with Crippen molar-refractivity contribution in [1.82, 2.24) is 0 Å². The molecule has 286 valence electrons. The molecule has 0 N–H and O–H groups in total. The second-order valence-electron chi connectivity index (χ2n) is 15.9. The Labute approximate surface area is 303 Å². The fourth-order valence-corrected chi connectivity index (χ4v) is 8.01. The van der Waals surface area contributed by atoms with E-state index in [1.807, 2.05) is 0 Å². The number of quaternary nitrogens is 1. The van der Waals surface area contributed by atoms with E-state index in [0.29, 0.717) is 0 Å². The van der Waals surface area contributed by atoms with E-state index in [2.05, 4.69) is 27.7 Å². The van der Waals surface area contributed by atoms with Crippen molar-refractivity contribution in [3.05, 3.63) is 0 Å². The van der Waals surface area contributed by atoms with E-state index < -0.39 is 0 Å². The fourth-order valence-electron chi connectivity index (χ4n) is 8.01. The summed E-state index contributed by atoms with van der Waals surface area (Å²) in [4.78, 5) is 0. The molecule has 0 aliphatic rings. The quantitative estimate of drug-likeness (QED) is 0.0347. The zero-order chi connectivity index (χ0) is 33.5. The summed E-state index contributed by atoms with van der Waals surface area (Å²) in [5.74, 6) is 0. The fraction of sp³-hybridized carbons (Fsp3) is 1.00. The summed E-state index contributed by atoms with van der Waals surface area (Å²) < 4.78 is 1.46. The average Bonchev–Trinajstić information content (AvgIpc) is 3.06. The first-order chi connectivity index (χ1) is 22.7. The van der Waals surface area contributed by atoms with E-state index in [-0.39, 0.29) is 8.41 Å². The van der Waals surface area contributed by atoms with Gasteiger partial charge >= 0.3 is 0 Å². The monoisotopic (exact) mass is 664 g/mol. The van der Waals surface area contributed by atoms with Gasteiger partial charge in [-0.05, 0) is 44.9 Å². The first-order valence-corrected chi connectivity index (χ1v) is 22.6. The van der Waals surface area contributed by atoms with Crippen LogP contribution in [0.25, 0.3) is 0 Å². The molecule has 0 spiro atoms. The van der Waals surface area contributed by atoms with Gasteiger partial charge in [-0.3, -0.25) is 0 Å². The van der Waals surface area contributed by atoms with Crippen LogP contribution in [0.2, 0.25) is 0 Å². The van der Waals surface area contributed by atoms with E-state index in [4.69, 9.17) is 0 Å². The lowest BCUT2D eigenvalue weighted by atomic mass is 10.0. The maximum absolute atomic E-state index is 2.46. The van der Waals surface area contributed by atoms with E-state index in [1.54, 1.807) is 0 Å². The van der Waals surface area contributed by atoms with E-state index in [9.17, 15) is 0 Å². The third-order valence-corrected chi connectivity index (χ3v) is 11.2. The van der Waals surface area contributed by atoms with Gasteiger partial charge in [-0.1, -0.05) is 229 Å². The molecule has 0 amide bonds. The second kappa shape index (κ2) is 42.2. The molecule has 0 aromatic heterocycles. The van der Waals surface area contributed by atoms with Crippen molar-refractivity contribution >= 4 is 8.41 Å². The van der Waals surface area contributed by atoms with Gasteiger partial charge in [0.05, 0.1) is 26.2 Å². The molecule has 0 fully saturated rings. The first kappa shape index (κ1) is 49.1. The molecular weight excluding hydrogens is 565 g/mol. The number of hydrogen-bond acceptors (Lipinski definition) is 0. The maximum atomic E-state index is 2.46. The van der Waals surface area contributed by atoms with Crippen LogP contribution in [0.1, 0.15) is 265 Å². The summed E-state index contributed by atoms with van der Waals surface area (Å²) >= 11 is 0. The van der Waals surface area contributed by atoms with Crippen LogP contribution in [0, 0.1) is 0 Å². The molecule has 0 rings (SSSR count). The number of hydrogen-bond donors (Lipinski definition) is 0. The minimum absolute atomic E-state index is 0. The van der Waals surface area contributed by atoms with Crippen LogP contribution in [-0.2, 0) is 0 Å². The van der Waals surface area contributed by atoms with Gasteiger partial charge < -0.3 is 4.48 Å². The van der Waals surface area contributed by atoms with Gasteiger partial charge in [-0.25, -0.2) is 0 Å². The van der Waals surface area contributed by atoms with Crippen LogP contribution >= 0.6 is 0 Å². The Morgan fingerprint density at radius 2 is 0.362 bits per heavy atom. The number of nitrogens with zero attached hydrogens (tertiary/aromatic N) is 1. The third-order valence-electron chi connectivity index (χ3n) is 11.2. The largest absolute Gasteiger partial charge is 0.324 e. The molecule has 0 saturated carbocycles. The topological polar surface area (TPSA) is 0 Å². The Balaban J connectivity index is 0. The summed E-state index contributed by atoms with van der Waals surface area (Å²) in [5.41, 5.74) is 0. The predicted octanol–water partition coefficient (Wildman–Crippen LogP) is 14.9. The standard InChI is InChI=1S/C45H94N.BH4/c1-5-9-12-15-18-21-24-27-30-33-36-39-43-46(42-8-4,44-40-37-34-31-28-25-22-19-16-13-10-6-2)45-41-38-35-32-29-26-23-20-17-14-11-7-3;/h5-45H2,1-4H3;1H4/q+1;-1. The average molecular weight is 664 g/mol. The van der Waals surface area contributed by atoms with Crippen molar-refractivity contribution in [2.45, 2.75) is 265 Å². The van der Waals surface area contributed by atoms with Crippen molar-refractivity contribution in [3.8, 4) is 0 Å². The highest BCUT2D eigenvalue weighted by Crippen LogP contribution is 2.20. The molecule has 2 heteroatoms. The van der Waals surface area contributed by atoms with Crippen LogP contribution in [0.15, 0.2) is 0 Å². The summed E-state index contributed by atoms with van der Waals surface area (Å²) in [6.07, 6.45) is 54.3. The summed E-state index contributed by atoms with van der Waals surface area (Å²) in [6, 6.07) is 0. The zero-order valence-corrected chi connectivity index (χ0v) is 33.4. The summed E-state index contributed by atoms with van der Waals surface area (Å²) in [6.45, 7) is 15.3. The van der Waals surface area contributed by atoms with Crippen molar-refractivity contribution in [3.63, 3.8) is 0 Å². The molecule has 0 aromatic rings. The van der Waals surface area contributed by atoms with Crippen LogP contribution in [0.5, 0.6) is 0 Å². The highest BCUT2D eigenvalue weighted by Gasteiger charge is 2.25. The molecular formula is C45H98BN. The molecule has 0 atom stereocenters. The highest BCUT2D eigenvalue weighted by atomic mass is 15.3. The van der Waals surface area contributed by atoms with Crippen LogP contribution in [0.4, 0.5) is 0 Å². The van der Waals surface area contributed by atoms with Crippen molar-refractivity contribution < 1.29 is 4.48 Å². The third kappa shape index (κ3) is 37.1. The smallest absolute Gasteiger partial charge is 0.0786 e. The Bertz CT molecular complexity index is 465. The minimum atomic E-state index is 0. The Morgan fingerprint density at radius 3 is 0.532 bits per heavy atom. The van der Waals surface area contributed by atoms with Crippen molar-refractivity contribution in [2.24, 2.45) is 0 Å². The first-order valence-electron chi connectivity index (χ1n) is 22.6. The van der Waals surface area contributed by atoms with Crippen LogP contribution in [-0.4, -0.2) is 39.1 Å². The molecule has 0 aliphatic carbocycles. The Hall–Kier alpha value is 0.0249. The number of rotatable bonds is 41. The predicted molar refractivity (Wildman–Crippen MR) is 225 cm³/mol.